The minimum Gasteiger partial charge on any atom is -0.339 e. The Hall–Kier alpha value is -2.58. The number of benzene rings is 1. The van der Waals surface area contributed by atoms with Crippen LogP contribution >= 0.6 is 0 Å². The number of hydrogen-bond donors (Lipinski definition) is 1. The number of carbonyl (C=O) groups is 3. The van der Waals surface area contributed by atoms with Crippen molar-refractivity contribution in [1.29, 1.82) is 0 Å². The number of rotatable bonds is 3. The van der Waals surface area contributed by atoms with Crippen LogP contribution in [0.15, 0.2) is 24.3 Å². The van der Waals surface area contributed by atoms with Crippen molar-refractivity contribution in [2.75, 3.05) is 31.5 Å². The molecule has 148 valence electrons. The first-order valence-electron chi connectivity index (χ1n) is 8.46. The van der Waals surface area contributed by atoms with E-state index in [2.05, 4.69) is 5.32 Å². The SMILES string of the molecule is CC(=O)N1CCN(C(=O)C(C)(C)C(=O)Nc2ccc(C(F)(F)F)cc2)CC1. The number of halogens is 3. The number of piperazine rings is 1. The van der Waals surface area contributed by atoms with Crippen LogP contribution in [0, 0.1) is 5.41 Å². The standard InChI is InChI=1S/C18H22F3N3O3/c1-12(25)23-8-10-24(11-9-23)16(27)17(2,3)15(26)22-14-6-4-13(5-7-14)18(19,20)21/h4-7H,8-11H2,1-3H3,(H,22,26). The van der Waals surface area contributed by atoms with Gasteiger partial charge in [-0.05, 0) is 38.1 Å². The zero-order valence-corrected chi connectivity index (χ0v) is 15.4. The van der Waals surface area contributed by atoms with Crippen molar-refractivity contribution in [2.24, 2.45) is 5.41 Å². The Bertz CT molecular complexity index is 722. The molecule has 1 aliphatic rings. The zero-order chi connectivity index (χ0) is 20.4. The molecule has 0 atom stereocenters. The number of amides is 3. The van der Waals surface area contributed by atoms with Crippen LogP contribution < -0.4 is 5.32 Å². The molecule has 0 saturated carbocycles. The lowest BCUT2D eigenvalue weighted by Crippen LogP contribution is -2.55. The van der Waals surface area contributed by atoms with Crippen molar-refractivity contribution < 1.29 is 27.6 Å². The highest BCUT2D eigenvalue weighted by atomic mass is 19.4. The second kappa shape index (κ2) is 7.58. The molecular formula is C18H22F3N3O3. The van der Waals surface area contributed by atoms with Gasteiger partial charge in [-0.1, -0.05) is 0 Å². The summed E-state index contributed by atoms with van der Waals surface area (Å²) in [6, 6.07) is 4.02. The molecule has 0 spiro atoms. The van der Waals surface area contributed by atoms with E-state index in [1.807, 2.05) is 0 Å². The summed E-state index contributed by atoms with van der Waals surface area (Å²) in [6.45, 7) is 5.84. The fraction of sp³-hybridized carbons (Fsp3) is 0.500. The molecule has 1 N–H and O–H groups in total. The Morgan fingerprint density at radius 1 is 0.926 bits per heavy atom. The van der Waals surface area contributed by atoms with Gasteiger partial charge in [0.25, 0.3) is 0 Å². The normalized spacial score (nSPS) is 15.5. The number of carbonyl (C=O) groups excluding carboxylic acids is 3. The van der Waals surface area contributed by atoms with Gasteiger partial charge in [-0.15, -0.1) is 0 Å². The molecule has 0 unspecified atom stereocenters. The van der Waals surface area contributed by atoms with E-state index in [1.165, 1.54) is 25.7 Å². The van der Waals surface area contributed by atoms with E-state index >= 15 is 0 Å². The Labute approximate surface area is 155 Å². The highest BCUT2D eigenvalue weighted by Gasteiger charge is 2.40. The molecule has 0 radical (unpaired) electrons. The van der Waals surface area contributed by atoms with Crippen molar-refractivity contribution in [3.05, 3.63) is 29.8 Å². The molecule has 1 aromatic carbocycles. The molecule has 0 aromatic heterocycles. The van der Waals surface area contributed by atoms with E-state index in [-0.39, 0.29) is 11.6 Å². The van der Waals surface area contributed by atoms with Gasteiger partial charge in [0, 0.05) is 38.8 Å². The maximum absolute atomic E-state index is 12.7. The minimum absolute atomic E-state index is 0.0681. The van der Waals surface area contributed by atoms with Gasteiger partial charge in [0.2, 0.25) is 17.7 Å². The summed E-state index contributed by atoms with van der Waals surface area (Å²) in [5.41, 5.74) is -2.05. The number of nitrogens with one attached hydrogen (secondary N) is 1. The van der Waals surface area contributed by atoms with Crippen molar-refractivity contribution >= 4 is 23.4 Å². The summed E-state index contributed by atoms with van der Waals surface area (Å²) in [4.78, 5) is 39.8. The van der Waals surface area contributed by atoms with Gasteiger partial charge < -0.3 is 15.1 Å². The monoisotopic (exact) mass is 385 g/mol. The summed E-state index contributed by atoms with van der Waals surface area (Å²) in [5.74, 6) is -1.07. The van der Waals surface area contributed by atoms with Gasteiger partial charge in [-0.3, -0.25) is 14.4 Å². The maximum Gasteiger partial charge on any atom is 0.416 e. The van der Waals surface area contributed by atoms with Crippen molar-refractivity contribution in [1.82, 2.24) is 9.80 Å². The number of hydrogen-bond acceptors (Lipinski definition) is 3. The Kier molecular flexibility index (Phi) is 5.82. The first-order chi connectivity index (χ1) is 12.4. The van der Waals surface area contributed by atoms with Crippen LogP contribution in [0.4, 0.5) is 18.9 Å². The lowest BCUT2D eigenvalue weighted by atomic mass is 9.89. The van der Waals surface area contributed by atoms with E-state index in [0.717, 1.165) is 24.3 Å². The minimum atomic E-state index is -4.46. The number of anilines is 1. The van der Waals surface area contributed by atoms with Gasteiger partial charge in [0.05, 0.1) is 5.56 Å². The Morgan fingerprint density at radius 2 is 1.41 bits per heavy atom. The third-order valence-corrected chi connectivity index (χ3v) is 4.58. The number of alkyl halides is 3. The molecule has 9 heteroatoms. The second-order valence-corrected chi connectivity index (χ2v) is 6.95. The van der Waals surface area contributed by atoms with E-state index in [4.69, 9.17) is 0 Å². The summed E-state index contributed by atoms with van der Waals surface area (Å²) in [6.07, 6.45) is -4.46. The molecule has 1 aliphatic heterocycles. The maximum atomic E-state index is 12.7. The fourth-order valence-corrected chi connectivity index (χ4v) is 2.75. The fourth-order valence-electron chi connectivity index (χ4n) is 2.75. The Balaban J connectivity index is 2.02. The van der Waals surface area contributed by atoms with Gasteiger partial charge in [-0.25, -0.2) is 0 Å². The lowest BCUT2D eigenvalue weighted by molar-refractivity contribution is -0.149. The van der Waals surface area contributed by atoms with Crippen LogP contribution in [0.2, 0.25) is 0 Å². The van der Waals surface area contributed by atoms with Crippen LogP contribution in [0.5, 0.6) is 0 Å². The van der Waals surface area contributed by atoms with Crippen LogP contribution in [-0.4, -0.2) is 53.7 Å². The molecule has 0 aliphatic carbocycles. The summed E-state index contributed by atoms with van der Waals surface area (Å²) in [7, 11) is 0. The van der Waals surface area contributed by atoms with Crippen LogP contribution in [-0.2, 0) is 20.6 Å². The van der Waals surface area contributed by atoms with E-state index in [1.54, 1.807) is 4.90 Å². The summed E-state index contributed by atoms with van der Waals surface area (Å²) >= 11 is 0. The quantitative estimate of drug-likeness (QED) is 0.813. The lowest BCUT2D eigenvalue weighted by Gasteiger charge is -2.37. The predicted molar refractivity (Wildman–Crippen MR) is 92.7 cm³/mol. The second-order valence-electron chi connectivity index (χ2n) is 6.95. The molecule has 1 heterocycles. The van der Waals surface area contributed by atoms with Gasteiger partial charge in [-0.2, -0.15) is 13.2 Å². The summed E-state index contributed by atoms with van der Waals surface area (Å²) in [5, 5.41) is 2.49. The highest BCUT2D eigenvalue weighted by Crippen LogP contribution is 2.30. The van der Waals surface area contributed by atoms with Gasteiger partial charge in [0.1, 0.15) is 5.41 Å². The smallest absolute Gasteiger partial charge is 0.339 e. The van der Waals surface area contributed by atoms with Gasteiger partial charge in [0.15, 0.2) is 0 Å². The largest absolute Gasteiger partial charge is 0.416 e. The molecule has 1 saturated heterocycles. The molecule has 6 nitrogen and oxygen atoms in total. The average Bonchev–Trinajstić information content (AvgIpc) is 2.60. The van der Waals surface area contributed by atoms with E-state index < -0.39 is 29.0 Å². The number of nitrogens with zero attached hydrogens (tertiary/aromatic N) is 2. The van der Waals surface area contributed by atoms with Crippen molar-refractivity contribution in [2.45, 2.75) is 26.9 Å². The van der Waals surface area contributed by atoms with Crippen LogP contribution in [0.3, 0.4) is 0 Å². The van der Waals surface area contributed by atoms with Crippen LogP contribution in [0.1, 0.15) is 26.3 Å². The average molecular weight is 385 g/mol. The molecule has 0 bridgehead atoms. The Morgan fingerprint density at radius 3 is 1.85 bits per heavy atom. The van der Waals surface area contributed by atoms with Crippen molar-refractivity contribution in [3.8, 4) is 0 Å². The molecule has 2 rings (SSSR count). The molecule has 1 fully saturated rings. The molecule has 27 heavy (non-hydrogen) atoms. The molecule has 1 aromatic rings. The third-order valence-electron chi connectivity index (χ3n) is 4.58. The third kappa shape index (κ3) is 4.78. The predicted octanol–water partition coefficient (Wildman–Crippen LogP) is 2.36. The first-order valence-corrected chi connectivity index (χ1v) is 8.46. The van der Waals surface area contributed by atoms with Crippen LogP contribution in [0.25, 0.3) is 0 Å². The molecular weight excluding hydrogens is 363 g/mol. The van der Waals surface area contributed by atoms with E-state index in [0.29, 0.717) is 26.2 Å². The highest BCUT2D eigenvalue weighted by molar-refractivity contribution is 6.09. The van der Waals surface area contributed by atoms with E-state index in [9.17, 15) is 27.6 Å². The van der Waals surface area contributed by atoms with Crippen molar-refractivity contribution in [3.63, 3.8) is 0 Å². The molecule has 3 amide bonds. The van der Waals surface area contributed by atoms with Gasteiger partial charge >= 0.3 is 6.18 Å². The topological polar surface area (TPSA) is 69.7 Å². The first kappa shape index (κ1) is 20.7. The summed E-state index contributed by atoms with van der Waals surface area (Å²) < 4.78 is 37.8. The zero-order valence-electron chi connectivity index (χ0n) is 15.4.